The van der Waals surface area contributed by atoms with E-state index in [4.69, 9.17) is 4.74 Å². The molecule has 0 aromatic carbocycles. The van der Waals surface area contributed by atoms with Crippen LogP contribution in [0.3, 0.4) is 0 Å². The zero-order valence-corrected chi connectivity index (χ0v) is 16.3. The predicted molar refractivity (Wildman–Crippen MR) is 108 cm³/mol. The number of nitrogens with one attached hydrogen (secondary N) is 1. The van der Waals surface area contributed by atoms with Gasteiger partial charge in [-0.2, -0.15) is 0 Å². The average molecular weight is 382 g/mol. The van der Waals surface area contributed by atoms with E-state index in [1.165, 1.54) is 0 Å². The number of nitrogens with zero attached hydrogens (tertiary/aromatic N) is 5. The number of aryl methyl sites for hydroxylation is 1. The van der Waals surface area contributed by atoms with Gasteiger partial charge in [-0.15, -0.1) is 10.2 Å². The first-order valence-electron chi connectivity index (χ1n) is 9.33. The molecule has 2 aliphatic rings. The van der Waals surface area contributed by atoms with Crippen molar-refractivity contribution >= 4 is 17.7 Å². The molecule has 8 heteroatoms. The van der Waals surface area contributed by atoms with Crippen molar-refractivity contribution in [2.45, 2.75) is 19.4 Å². The molecule has 1 fully saturated rings. The minimum Gasteiger partial charge on any atom is -0.379 e. The van der Waals surface area contributed by atoms with Crippen molar-refractivity contribution in [2.75, 3.05) is 26.3 Å². The Morgan fingerprint density at radius 3 is 2.86 bits per heavy atom. The van der Waals surface area contributed by atoms with Crippen molar-refractivity contribution in [1.82, 2.24) is 25.0 Å². The molecule has 3 rings (SSSR count). The SMILES string of the molecule is C=C(C=C(C=CC)NC(=O)C1=CC(N2CCOCC2)CC=N1)c1nncn1C. The third kappa shape index (κ3) is 4.90. The maximum absolute atomic E-state index is 12.8. The van der Waals surface area contributed by atoms with E-state index in [-0.39, 0.29) is 11.9 Å². The van der Waals surface area contributed by atoms with E-state index in [1.807, 2.05) is 38.4 Å². The molecule has 1 unspecified atom stereocenters. The van der Waals surface area contributed by atoms with Crippen molar-refractivity contribution in [1.29, 1.82) is 0 Å². The second-order valence-electron chi connectivity index (χ2n) is 6.66. The van der Waals surface area contributed by atoms with Crippen LogP contribution in [0.5, 0.6) is 0 Å². The fraction of sp³-hybridized carbons (Fsp3) is 0.400. The van der Waals surface area contributed by atoms with Crippen molar-refractivity contribution < 1.29 is 9.53 Å². The standard InChI is InChI=1S/C20H26N6O2/c1-4-5-16(12-15(2)19-24-22-14-25(19)3)23-20(27)18-13-17(6-7-21-18)26-8-10-28-11-9-26/h4-5,7,12-14,17H,2,6,8-11H2,1,3H3,(H,23,27). The van der Waals surface area contributed by atoms with E-state index in [0.29, 0.717) is 22.8 Å². The van der Waals surface area contributed by atoms with E-state index in [2.05, 4.69) is 32.0 Å². The van der Waals surface area contributed by atoms with Gasteiger partial charge in [0.25, 0.3) is 5.91 Å². The van der Waals surface area contributed by atoms with Gasteiger partial charge >= 0.3 is 0 Å². The third-order valence-electron chi connectivity index (χ3n) is 4.61. The summed E-state index contributed by atoms with van der Waals surface area (Å²) in [5.74, 6) is 0.392. The summed E-state index contributed by atoms with van der Waals surface area (Å²) in [6.07, 6.45) is 11.6. The lowest BCUT2D eigenvalue weighted by Gasteiger charge is -2.33. The summed E-state index contributed by atoms with van der Waals surface area (Å²) in [5, 5.41) is 10.8. The van der Waals surface area contributed by atoms with Gasteiger partial charge in [0, 0.05) is 50.1 Å². The van der Waals surface area contributed by atoms with Gasteiger partial charge in [0.2, 0.25) is 0 Å². The van der Waals surface area contributed by atoms with Crippen LogP contribution in [-0.4, -0.2) is 64.1 Å². The molecule has 1 aromatic heterocycles. The minimum absolute atomic E-state index is 0.171. The fourth-order valence-corrected chi connectivity index (χ4v) is 3.18. The van der Waals surface area contributed by atoms with E-state index < -0.39 is 0 Å². The highest BCUT2D eigenvalue weighted by molar-refractivity contribution is 5.96. The number of morpholine rings is 1. The van der Waals surface area contributed by atoms with Crippen LogP contribution in [0.25, 0.3) is 5.57 Å². The smallest absolute Gasteiger partial charge is 0.273 e. The number of amides is 1. The number of allylic oxidation sites excluding steroid dienone is 4. The van der Waals surface area contributed by atoms with Crippen LogP contribution in [0.4, 0.5) is 0 Å². The van der Waals surface area contributed by atoms with E-state index in [9.17, 15) is 4.79 Å². The van der Waals surface area contributed by atoms with Gasteiger partial charge in [-0.25, -0.2) is 0 Å². The van der Waals surface area contributed by atoms with Gasteiger partial charge in [-0.05, 0) is 25.2 Å². The molecule has 2 aliphatic heterocycles. The minimum atomic E-state index is -0.246. The fourth-order valence-electron chi connectivity index (χ4n) is 3.18. The van der Waals surface area contributed by atoms with Gasteiger partial charge in [0.05, 0.1) is 13.2 Å². The lowest BCUT2D eigenvalue weighted by molar-refractivity contribution is -0.116. The number of hydrogen-bond donors (Lipinski definition) is 1. The maximum Gasteiger partial charge on any atom is 0.273 e. The van der Waals surface area contributed by atoms with E-state index >= 15 is 0 Å². The van der Waals surface area contributed by atoms with Crippen molar-refractivity contribution in [2.24, 2.45) is 12.0 Å². The highest BCUT2D eigenvalue weighted by atomic mass is 16.5. The third-order valence-corrected chi connectivity index (χ3v) is 4.61. The molecular formula is C20H26N6O2. The van der Waals surface area contributed by atoms with Crippen molar-refractivity contribution in [3.8, 4) is 0 Å². The Hall–Kier alpha value is -2.84. The molecule has 1 N–H and O–H groups in total. The summed E-state index contributed by atoms with van der Waals surface area (Å²) in [6.45, 7) is 9.09. The molecule has 3 heterocycles. The zero-order chi connectivity index (χ0) is 19.9. The number of aromatic nitrogens is 3. The summed E-state index contributed by atoms with van der Waals surface area (Å²) in [5.41, 5.74) is 1.69. The van der Waals surface area contributed by atoms with Crippen LogP contribution in [-0.2, 0) is 16.6 Å². The number of hydrogen-bond acceptors (Lipinski definition) is 6. The van der Waals surface area contributed by atoms with E-state index in [0.717, 1.165) is 32.7 Å². The molecule has 1 saturated heterocycles. The van der Waals surface area contributed by atoms with Crippen LogP contribution < -0.4 is 5.32 Å². The zero-order valence-electron chi connectivity index (χ0n) is 16.3. The topological polar surface area (TPSA) is 84.6 Å². The Labute approximate surface area is 165 Å². The molecule has 0 bridgehead atoms. The first-order valence-corrected chi connectivity index (χ1v) is 9.33. The first-order chi connectivity index (χ1) is 13.6. The van der Waals surface area contributed by atoms with Crippen LogP contribution in [0.2, 0.25) is 0 Å². The van der Waals surface area contributed by atoms with Crippen LogP contribution >= 0.6 is 0 Å². The number of carbonyl (C=O) groups excluding carboxylic acids is 1. The molecule has 8 nitrogen and oxygen atoms in total. The maximum atomic E-state index is 12.8. The predicted octanol–water partition coefficient (Wildman–Crippen LogP) is 1.46. The number of ether oxygens (including phenoxy) is 1. The number of rotatable bonds is 6. The summed E-state index contributed by atoms with van der Waals surface area (Å²) >= 11 is 0. The molecule has 1 amide bonds. The van der Waals surface area contributed by atoms with Gasteiger partial charge in [0.15, 0.2) is 5.82 Å². The summed E-state index contributed by atoms with van der Waals surface area (Å²) in [7, 11) is 1.84. The van der Waals surface area contributed by atoms with Crippen molar-refractivity contribution in [3.05, 3.63) is 54.4 Å². The van der Waals surface area contributed by atoms with Crippen LogP contribution in [0.1, 0.15) is 19.2 Å². The Morgan fingerprint density at radius 1 is 1.39 bits per heavy atom. The molecule has 148 valence electrons. The lowest BCUT2D eigenvalue weighted by atomic mass is 10.1. The molecular weight excluding hydrogens is 356 g/mol. The highest BCUT2D eigenvalue weighted by Gasteiger charge is 2.23. The monoisotopic (exact) mass is 382 g/mol. The van der Waals surface area contributed by atoms with Gasteiger partial charge in [0.1, 0.15) is 12.0 Å². The van der Waals surface area contributed by atoms with Gasteiger partial charge in [-0.1, -0.05) is 12.7 Å². The second-order valence-corrected chi connectivity index (χ2v) is 6.66. The molecule has 28 heavy (non-hydrogen) atoms. The van der Waals surface area contributed by atoms with Crippen LogP contribution in [0, 0.1) is 0 Å². The Kier molecular flexibility index (Phi) is 6.67. The number of carbonyl (C=O) groups is 1. The molecule has 0 spiro atoms. The van der Waals surface area contributed by atoms with Crippen molar-refractivity contribution in [3.63, 3.8) is 0 Å². The quantitative estimate of drug-likeness (QED) is 0.753. The Balaban J connectivity index is 1.72. The first kappa shape index (κ1) is 19.9. The van der Waals surface area contributed by atoms with Crippen LogP contribution in [0.15, 0.2) is 53.6 Å². The van der Waals surface area contributed by atoms with E-state index in [1.54, 1.807) is 17.0 Å². The van der Waals surface area contributed by atoms with Gasteiger partial charge in [-0.3, -0.25) is 14.7 Å². The summed E-state index contributed by atoms with van der Waals surface area (Å²) < 4.78 is 7.18. The molecule has 0 aliphatic carbocycles. The Bertz CT molecular complexity index is 843. The Morgan fingerprint density at radius 2 is 2.18 bits per heavy atom. The largest absolute Gasteiger partial charge is 0.379 e. The average Bonchev–Trinajstić information content (AvgIpc) is 3.15. The number of aliphatic imine (C=N–C) groups is 1. The molecule has 0 radical (unpaired) electrons. The molecule has 1 aromatic rings. The lowest BCUT2D eigenvalue weighted by Crippen LogP contribution is -2.44. The summed E-state index contributed by atoms with van der Waals surface area (Å²) in [6, 6.07) is 0.171. The second kappa shape index (κ2) is 9.38. The molecule has 0 saturated carbocycles. The van der Waals surface area contributed by atoms with Gasteiger partial charge < -0.3 is 14.6 Å². The summed E-state index contributed by atoms with van der Waals surface area (Å²) in [4.78, 5) is 19.4. The molecule has 1 atom stereocenters. The normalized spacial score (nSPS) is 21.0. The highest BCUT2D eigenvalue weighted by Crippen LogP contribution is 2.17.